The fourth-order valence-corrected chi connectivity index (χ4v) is 1.84. The fourth-order valence-electron chi connectivity index (χ4n) is 1.84. The van der Waals surface area contributed by atoms with E-state index in [9.17, 15) is 9.59 Å². The minimum atomic E-state index is -0.234. The SMILES string of the molecule is CC(=O)CC(=O)N(C)c1ccc2c(c1)OCCCO2. The van der Waals surface area contributed by atoms with Crippen LogP contribution in [0.5, 0.6) is 11.5 Å². The number of hydrogen-bond donors (Lipinski definition) is 0. The first-order valence-electron chi connectivity index (χ1n) is 6.23. The summed E-state index contributed by atoms with van der Waals surface area (Å²) in [5.41, 5.74) is 0.690. The van der Waals surface area contributed by atoms with Crippen LogP contribution in [0, 0.1) is 0 Å². The number of ether oxygens (including phenoxy) is 2. The standard InChI is InChI=1S/C14H17NO4/c1-10(16)8-14(17)15(2)11-4-5-12-13(9-11)19-7-3-6-18-12/h4-5,9H,3,6-8H2,1-2H3. The van der Waals surface area contributed by atoms with Crippen molar-refractivity contribution in [3.63, 3.8) is 0 Å². The molecule has 2 rings (SSSR count). The lowest BCUT2D eigenvalue weighted by molar-refractivity contribution is -0.125. The molecule has 0 spiro atoms. The number of amides is 1. The average molecular weight is 263 g/mol. The van der Waals surface area contributed by atoms with Gasteiger partial charge in [0.2, 0.25) is 5.91 Å². The Bertz CT molecular complexity index is 498. The third-order valence-corrected chi connectivity index (χ3v) is 2.89. The number of carbonyl (C=O) groups excluding carboxylic acids is 2. The molecule has 102 valence electrons. The van der Waals surface area contributed by atoms with Crippen molar-refractivity contribution in [2.45, 2.75) is 19.8 Å². The summed E-state index contributed by atoms with van der Waals surface area (Å²) >= 11 is 0. The van der Waals surface area contributed by atoms with Gasteiger partial charge in [0.05, 0.1) is 19.6 Å². The molecule has 0 fully saturated rings. The maximum atomic E-state index is 11.8. The summed E-state index contributed by atoms with van der Waals surface area (Å²) in [5.74, 6) is 0.944. The number of carbonyl (C=O) groups is 2. The summed E-state index contributed by atoms with van der Waals surface area (Å²) < 4.78 is 11.1. The molecule has 0 unspecified atom stereocenters. The van der Waals surface area contributed by atoms with Crippen LogP contribution in [0.15, 0.2) is 18.2 Å². The monoisotopic (exact) mass is 263 g/mol. The van der Waals surface area contributed by atoms with Crippen LogP contribution in [0.4, 0.5) is 5.69 Å². The quantitative estimate of drug-likeness (QED) is 0.780. The van der Waals surface area contributed by atoms with Gasteiger partial charge in [0.25, 0.3) is 0 Å². The van der Waals surface area contributed by atoms with Gasteiger partial charge in [0.1, 0.15) is 5.78 Å². The van der Waals surface area contributed by atoms with Crippen molar-refractivity contribution >= 4 is 17.4 Å². The molecule has 1 aliphatic heterocycles. The number of fused-ring (bicyclic) bond motifs is 1. The molecule has 0 atom stereocenters. The Hall–Kier alpha value is -2.04. The number of benzene rings is 1. The number of Topliss-reactive ketones (excluding diaryl/α,β-unsaturated/α-hetero) is 1. The van der Waals surface area contributed by atoms with Crippen molar-refractivity contribution in [1.29, 1.82) is 0 Å². The van der Waals surface area contributed by atoms with Gasteiger partial charge in [0, 0.05) is 25.2 Å². The summed E-state index contributed by atoms with van der Waals surface area (Å²) in [6, 6.07) is 5.33. The molecule has 0 saturated carbocycles. The van der Waals surface area contributed by atoms with Gasteiger partial charge >= 0.3 is 0 Å². The summed E-state index contributed by atoms with van der Waals surface area (Å²) in [5, 5.41) is 0. The molecule has 0 aromatic heterocycles. The minimum Gasteiger partial charge on any atom is -0.490 e. The average Bonchev–Trinajstić information content (AvgIpc) is 2.61. The van der Waals surface area contributed by atoms with E-state index in [1.807, 2.05) is 0 Å². The van der Waals surface area contributed by atoms with Crippen molar-refractivity contribution in [1.82, 2.24) is 0 Å². The van der Waals surface area contributed by atoms with Crippen LogP contribution in [0.2, 0.25) is 0 Å². The van der Waals surface area contributed by atoms with Crippen molar-refractivity contribution in [3.8, 4) is 11.5 Å². The molecule has 0 radical (unpaired) electrons. The van der Waals surface area contributed by atoms with E-state index in [4.69, 9.17) is 9.47 Å². The molecule has 1 aromatic carbocycles. The van der Waals surface area contributed by atoms with E-state index in [1.165, 1.54) is 11.8 Å². The Morgan fingerprint density at radius 1 is 1.21 bits per heavy atom. The van der Waals surface area contributed by atoms with E-state index in [0.717, 1.165) is 6.42 Å². The Balaban J connectivity index is 2.19. The summed E-state index contributed by atoms with van der Waals surface area (Å²) in [7, 11) is 1.64. The Kier molecular flexibility index (Phi) is 4.04. The van der Waals surface area contributed by atoms with Gasteiger partial charge in [-0.25, -0.2) is 0 Å². The highest BCUT2D eigenvalue weighted by molar-refractivity contribution is 6.04. The predicted octanol–water partition coefficient (Wildman–Crippen LogP) is 1.79. The van der Waals surface area contributed by atoms with Gasteiger partial charge in [-0.3, -0.25) is 9.59 Å². The molecule has 0 aliphatic carbocycles. The summed E-state index contributed by atoms with van der Waals surface area (Å²) in [6.07, 6.45) is 0.744. The molecule has 0 bridgehead atoms. The Labute approximate surface area is 112 Å². The van der Waals surface area contributed by atoms with Crippen molar-refractivity contribution < 1.29 is 19.1 Å². The van der Waals surface area contributed by atoms with Gasteiger partial charge in [-0.1, -0.05) is 0 Å². The lowest BCUT2D eigenvalue weighted by atomic mass is 10.2. The topological polar surface area (TPSA) is 55.8 Å². The normalized spacial score (nSPS) is 13.6. The van der Waals surface area contributed by atoms with E-state index in [1.54, 1.807) is 25.2 Å². The predicted molar refractivity (Wildman–Crippen MR) is 70.8 cm³/mol. The first-order chi connectivity index (χ1) is 9.08. The van der Waals surface area contributed by atoms with Crippen LogP contribution in [-0.4, -0.2) is 32.0 Å². The van der Waals surface area contributed by atoms with E-state index >= 15 is 0 Å². The maximum absolute atomic E-state index is 11.8. The molecule has 0 saturated heterocycles. The third-order valence-electron chi connectivity index (χ3n) is 2.89. The fraction of sp³-hybridized carbons (Fsp3) is 0.429. The highest BCUT2D eigenvalue weighted by Crippen LogP contribution is 2.33. The molecule has 1 amide bonds. The second-order valence-electron chi connectivity index (χ2n) is 4.51. The zero-order valence-electron chi connectivity index (χ0n) is 11.1. The van der Waals surface area contributed by atoms with Crippen molar-refractivity contribution in [2.24, 2.45) is 0 Å². The first-order valence-corrected chi connectivity index (χ1v) is 6.23. The number of ketones is 1. The summed E-state index contributed by atoms with van der Waals surface area (Å²) in [6.45, 7) is 2.63. The molecule has 5 heteroatoms. The maximum Gasteiger partial charge on any atom is 0.234 e. The van der Waals surface area contributed by atoms with Crippen LogP contribution >= 0.6 is 0 Å². The Morgan fingerprint density at radius 2 is 1.89 bits per heavy atom. The third kappa shape index (κ3) is 3.24. The number of rotatable bonds is 3. The molecule has 0 N–H and O–H groups in total. The van der Waals surface area contributed by atoms with Crippen molar-refractivity contribution in [3.05, 3.63) is 18.2 Å². The molecular formula is C14H17NO4. The van der Waals surface area contributed by atoms with Gasteiger partial charge in [-0.05, 0) is 19.1 Å². The number of hydrogen-bond acceptors (Lipinski definition) is 4. The van der Waals surface area contributed by atoms with E-state index in [2.05, 4.69) is 0 Å². The highest BCUT2D eigenvalue weighted by atomic mass is 16.5. The Morgan fingerprint density at radius 3 is 2.58 bits per heavy atom. The van der Waals surface area contributed by atoms with Gasteiger partial charge in [0.15, 0.2) is 11.5 Å². The lowest BCUT2D eigenvalue weighted by Gasteiger charge is -2.18. The molecule has 1 aromatic rings. The zero-order valence-corrected chi connectivity index (χ0v) is 11.1. The van der Waals surface area contributed by atoms with E-state index < -0.39 is 0 Å². The smallest absolute Gasteiger partial charge is 0.234 e. The van der Waals surface area contributed by atoms with Crippen LogP contribution in [0.3, 0.4) is 0 Å². The first kappa shape index (κ1) is 13.4. The zero-order chi connectivity index (χ0) is 13.8. The van der Waals surface area contributed by atoms with Gasteiger partial charge in [-0.15, -0.1) is 0 Å². The van der Waals surface area contributed by atoms with E-state index in [-0.39, 0.29) is 18.1 Å². The van der Waals surface area contributed by atoms with Crippen LogP contribution < -0.4 is 14.4 Å². The van der Waals surface area contributed by atoms with Crippen LogP contribution in [0.1, 0.15) is 19.8 Å². The molecule has 5 nitrogen and oxygen atoms in total. The molecule has 1 aliphatic rings. The van der Waals surface area contributed by atoms with Crippen molar-refractivity contribution in [2.75, 3.05) is 25.2 Å². The summed E-state index contributed by atoms with van der Waals surface area (Å²) in [4.78, 5) is 24.3. The molecule has 1 heterocycles. The van der Waals surface area contributed by atoms with Gasteiger partial charge in [-0.2, -0.15) is 0 Å². The second-order valence-corrected chi connectivity index (χ2v) is 4.51. The molecule has 19 heavy (non-hydrogen) atoms. The highest BCUT2D eigenvalue weighted by Gasteiger charge is 2.16. The minimum absolute atomic E-state index is 0.0923. The van der Waals surface area contributed by atoms with E-state index in [0.29, 0.717) is 30.4 Å². The number of nitrogens with zero attached hydrogens (tertiary/aromatic N) is 1. The van der Waals surface area contributed by atoms with Crippen LogP contribution in [-0.2, 0) is 9.59 Å². The largest absolute Gasteiger partial charge is 0.490 e. The lowest BCUT2D eigenvalue weighted by Crippen LogP contribution is -2.27. The van der Waals surface area contributed by atoms with Crippen LogP contribution in [0.25, 0.3) is 0 Å². The molecular weight excluding hydrogens is 246 g/mol. The number of anilines is 1. The second kappa shape index (κ2) is 5.73. The van der Waals surface area contributed by atoms with Gasteiger partial charge < -0.3 is 14.4 Å².